The van der Waals surface area contributed by atoms with Crippen LogP contribution in [0.5, 0.6) is 0 Å². The van der Waals surface area contributed by atoms with Crippen LogP contribution in [0.1, 0.15) is 19.3 Å². The minimum atomic E-state index is -0.550. The molecule has 1 aliphatic rings. The van der Waals surface area contributed by atoms with Gasteiger partial charge in [0, 0.05) is 6.54 Å². The van der Waals surface area contributed by atoms with E-state index in [0.717, 1.165) is 12.8 Å². The fourth-order valence-electron chi connectivity index (χ4n) is 1.87. The van der Waals surface area contributed by atoms with Crippen molar-refractivity contribution < 1.29 is 14.4 Å². The van der Waals surface area contributed by atoms with Gasteiger partial charge in [0.15, 0.2) is 0 Å². The van der Waals surface area contributed by atoms with Crippen molar-refractivity contribution in [1.29, 1.82) is 0 Å². The highest BCUT2D eigenvalue weighted by Gasteiger charge is 2.30. The molecular weight excluding hydrogens is 224 g/mol. The van der Waals surface area contributed by atoms with E-state index in [-0.39, 0.29) is 19.0 Å². The molecule has 7 nitrogen and oxygen atoms in total. The van der Waals surface area contributed by atoms with Crippen LogP contribution < -0.4 is 16.8 Å². The van der Waals surface area contributed by atoms with Crippen LogP contribution in [0.15, 0.2) is 0 Å². The first-order valence-electron chi connectivity index (χ1n) is 5.61. The molecule has 1 rings (SSSR count). The minimum Gasteiger partial charge on any atom is -0.368 e. The molecule has 3 amide bonds. The van der Waals surface area contributed by atoms with Crippen LogP contribution in [0.25, 0.3) is 0 Å². The summed E-state index contributed by atoms with van der Waals surface area (Å²) < 4.78 is 0. The molecule has 0 radical (unpaired) electrons. The smallest absolute Gasteiger partial charge is 0.242 e. The van der Waals surface area contributed by atoms with Gasteiger partial charge in [-0.3, -0.25) is 14.4 Å². The van der Waals surface area contributed by atoms with Gasteiger partial charge in [-0.1, -0.05) is 0 Å². The van der Waals surface area contributed by atoms with Crippen LogP contribution in [-0.4, -0.2) is 48.3 Å². The van der Waals surface area contributed by atoms with E-state index in [1.54, 1.807) is 0 Å². The number of carbonyl (C=O) groups excluding carboxylic acids is 3. The second-order valence-electron chi connectivity index (χ2n) is 3.98. The highest BCUT2D eigenvalue weighted by molar-refractivity contribution is 5.89. The Labute approximate surface area is 99.5 Å². The number of piperidine rings is 1. The van der Waals surface area contributed by atoms with E-state index < -0.39 is 17.9 Å². The number of carbonyl (C=O) groups is 3. The van der Waals surface area contributed by atoms with Gasteiger partial charge in [0.25, 0.3) is 0 Å². The lowest BCUT2D eigenvalue weighted by Gasteiger charge is -2.33. The summed E-state index contributed by atoms with van der Waals surface area (Å²) in [5.74, 6) is -1.19. The molecule has 17 heavy (non-hydrogen) atoms. The Hall–Kier alpha value is -1.63. The number of nitrogens with two attached hydrogens (primary N) is 2. The van der Waals surface area contributed by atoms with E-state index in [1.807, 2.05) is 0 Å². The third kappa shape index (κ3) is 3.70. The molecule has 0 aromatic heterocycles. The Balaban J connectivity index is 2.53. The molecule has 0 aromatic rings. The summed E-state index contributed by atoms with van der Waals surface area (Å²) in [5, 5.41) is 2.38. The van der Waals surface area contributed by atoms with Crippen LogP contribution in [0.2, 0.25) is 0 Å². The van der Waals surface area contributed by atoms with E-state index in [0.29, 0.717) is 13.0 Å². The summed E-state index contributed by atoms with van der Waals surface area (Å²) in [6.45, 7) is 0.206. The quantitative estimate of drug-likeness (QED) is 0.524. The summed E-state index contributed by atoms with van der Waals surface area (Å²) in [5.41, 5.74) is 10.3. The first-order valence-corrected chi connectivity index (χ1v) is 5.61. The zero-order valence-electron chi connectivity index (χ0n) is 9.65. The number of hydrogen-bond acceptors (Lipinski definition) is 4. The topological polar surface area (TPSA) is 119 Å². The number of likely N-dealkylation sites (tertiary alicyclic amines) is 1. The molecule has 1 saturated heterocycles. The minimum absolute atomic E-state index is 0.139. The SMILES string of the molecule is NCC(=O)NCC(=O)N1CCCCC1C(N)=O. The summed E-state index contributed by atoms with van der Waals surface area (Å²) in [6, 6.07) is -0.550. The summed E-state index contributed by atoms with van der Waals surface area (Å²) in [6.07, 6.45) is 2.32. The van der Waals surface area contributed by atoms with Crippen molar-refractivity contribution in [3.05, 3.63) is 0 Å². The molecule has 7 heteroatoms. The Kier molecular flexibility index (Phi) is 4.89. The van der Waals surface area contributed by atoms with Gasteiger partial charge in [0.05, 0.1) is 13.1 Å². The van der Waals surface area contributed by atoms with E-state index in [1.165, 1.54) is 4.90 Å². The van der Waals surface area contributed by atoms with E-state index in [9.17, 15) is 14.4 Å². The van der Waals surface area contributed by atoms with Crippen molar-refractivity contribution in [3.63, 3.8) is 0 Å². The summed E-state index contributed by atoms with van der Waals surface area (Å²) >= 11 is 0. The Morgan fingerprint density at radius 1 is 1.29 bits per heavy atom. The second-order valence-corrected chi connectivity index (χ2v) is 3.98. The zero-order chi connectivity index (χ0) is 12.8. The molecule has 1 fully saturated rings. The molecule has 0 saturated carbocycles. The van der Waals surface area contributed by atoms with Gasteiger partial charge in [0.1, 0.15) is 6.04 Å². The van der Waals surface area contributed by atoms with Crippen molar-refractivity contribution in [2.75, 3.05) is 19.6 Å². The van der Waals surface area contributed by atoms with E-state index in [2.05, 4.69) is 5.32 Å². The van der Waals surface area contributed by atoms with Crippen molar-refractivity contribution in [3.8, 4) is 0 Å². The lowest BCUT2D eigenvalue weighted by Crippen LogP contribution is -2.53. The standard InChI is InChI=1S/C10H18N4O3/c11-5-8(15)13-6-9(16)14-4-2-1-3-7(14)10(12)17/h7H,1-6,11H2,(H2,12,17)(H,13,15). The lowest BCUT2D eigenvalue weighted by molar-refractivity contribution is -0.141. The average molecular weight is 242 g/mol. The molecule has 1 aliphatic heterocycles. The predicted molar refractivity (Wildman–Crippen MR) is 60.6 cm³/mol. The highest BCUT2D eigenvalue weighted by Crippen LogP contribution is 2.16. The first-order chi connectivity index (χ1) is 8.06. The largest absolute Gasteiger partial charge is 0.368 e. The highest BCUT2D eigenvalue weighted by atomic mass is 16.2. The van der Waals surface area contributed by atoms with Crippen molar-refractivity contribution >= 4 is 17.7 Å². The number of nitrogens with one attached hydrogen (secondary N) is 1. The summed E-state index contributed by atoms with van der Waals surface area (Å²) in [7, 11) is 0. The number of rotatable bonds is 4. The van der Waals surface area contributed by atoms with E-state index >= 15 is 0 Å². The fourth-order valence-corrected chi connectivity index (χ4v) is 1.87. The maximum atomic E-state index is 11.8. The number of nitrogens with zero attached hydrogens (tertiary/aromatic N) is 1. The number of hydrogen-bond donors (Lipinski definition) is 3. The monoisotopic (exact) mass is 242 g/mol. The summed E-state index contributed by atoms with van der Waals surface area (Å²) in [4.78, 5) is 35.3. The zero-order valence-corrected chi connectivity index (χ0v) is 9.65. The third-order valence-corrected chi connectivity index (χ3v) is 2.77. The van der Waals surface area contributed by atoms with Gasteiger partial charge in [-0.15, -0.1) is 0 Å². The third-order valence-electron chi connectivity index (χ3n) is 2.77. The Morgan fingerprint density at radius 2 is 2.00 bits per heavy atom. The second kappa shape index (κ2) is 6.19. The van der Waals surface area contributed by atoms with Crippen LogP contribution >= 0.6 is 0 Å². The van der Waals surface area contributed by atoms with Gasteiger partial charge < -0.3 is 21.7 Å². The molecule has 1 heterocycles. The number of amides is 3. The van der Waals surface area contributed by atoms with Crippen LogP contribution in [0, 0.1) is 0 Å². The molecule has 1 atom stereocenters. The molecule has 96 valence electrons. The van der Waals surface area contributed by atoms with Crippen molar-refractivity contribution in [2.24, 2.45) is 11.5 Å². The molecule has 0 aromatic carbocycles. The first kappa shape index (κ1) is 13.4. The van der Waals surface area contributed by atoms with Gasteiger partial charge >= 0.3 is 0 Å². The molecule has 0 spiro atoms. The van der Waals surface area contributed by atoms with Crippen LogP contribution in [-0.2, 0) is 14.4 Å². The average Bonchev–Trinajstić information content (AvgIpc) is 2.35. The van der Waals surface area contributed by atoms with Crippen molar-refractivity contribution in [1.82, 2.24) is 10.2 Å². The van der Waals surface area contributed by atoms with E-state index in [4.69, 9.17) is 11.5 Å². The van der Waals surface area contributed by atoms with Gasteiger partial charge in [0.2, 0.25) is 17.7 Å². The predicted octanol–water partition coefficient (Wildman–Crippen LogP) is -2.07. The Morgan fingerprint density at radius 3 is 2.59 bits per heavy atom. The van der Waals surface area contributed by atoms with Gasteiger partial charge in [-0.2, -0.15) is 0 Å². The normalized spacial score (nSPS) is 19.8. The molecule has 1 unspecified atom stereocenters. The number of primary amides is 1. The fraction of sp³-hybridized carbons (Fsp3) is 0.700. The lowest BCUT2D eigenvalue weighted by atomic mass is 10.0. The molecular formula is C10H18N4O3. The molecule has 0 bridgehead atoms. The van der Waals surface area contributed by atoms with Crippen molar-refractivity contribution in [2.45, 2.75) is 25.3 Å². The molecule has 5 N–H and O–H groups in total. The maximum absolute atomic E-state index is 11.8. The Bertz CT molecular complexity index is 319. The van der Waals surface area contributed by atoms with Gasteiger partial charge in [-0.05, 0) is 19.3 Å². The maximum Gasteiger partial charge on any atom is 0.242 e. The van der Waals surface area contributed by atoms with Crippen LogP contribution in [0.4, 0.5) is 0 Å². The van der Waals surface area contributed by atoms with Crippen LogP contribution in [0.3, 0.4) is 0 Å². The molecule has 0 aliphatic carbocycles. The van der Waals surface area contributed by atoms with Gasteiger partial charge in [-0.25, -0.2) is 0 Å².